The average Bonchev–Trinajstić information content (AvgIpc) is 3.69. The average molecular weight is 495 g/mol. The van der Waals surface area contributed by atoms with E-state index in [1.165, 1.54) is 12.0 Å². The fraction of sp³-hybridized carbons (Fsp3) is 0.385. The van der Waals surface area contributed by atoms with Gasteiger partial charge in [-0.25, -0.2) is 0 Å². The summed E-state index contributed by atoms with van der Waals surface area (Å²) in [6.07, 6.45) is 2.23. The summed E-state index contributed by atoms with van der Waals surface area (Å²) in [4.78, 5) is 30.5. The Morgan fingerprint density at radius 1 is 0.972 bits per heavy atom. The molecule has 4 aliphatic rings. The van der Waals surface area contributed by atoms with Crippen molar-refractivity contribution in [3.05, 3.63) is 47.0 Å². The van der Waals surface area contributed by atoms with Crippen LogP contribution in [0.1, 0.15) is 30.0 Å². The van der Waals surface area contributed by atoms with Crippen molar-refractivity contribution >= 4 is 17.4 Å². The van der Waals surface area contributed by atoms with E-state index in [1.54, 1.807) is 30.3 Å². The Hall–Kier alpha value is -3.92. The second-order valence-corrected chi connectivity index (χ2v) is 9.07. The smallest absolute Gasteiger partial charge is 0.295 e. The summed E-state index contributed by atoms with van der Waals surface area (Å²) in [6.45, 7) is 3.02. The first-order chi connectivity index (χ1) is 17.5. The number of fused-ring (bicyclic) bond motifs is 2. The van der Waals surface area contributed by atoms with Gasteiger partial charge in [0.25, 0.3) is 11.7 Å². The van der Waals surface area contributed by atoms with Crippen LogP contribution in [0.2, 0.25) is 0 Å². The first-order valence-corrected chi connectivity index (χ1v) is 11.9. The molecule has 1 atom stereocenters. The molecular formula is C26H26N2O8. The van der Waals surface area contributed by atoms with E-state index in [0.29, 0.717) is 53.0 Å². The number of hydrogen-bond donors (Lipinski definition) is 1. The molecule has 1 unspecified atom stereocenters. The van der Waals surface area contributed by atoms with Crippen LogP contribution in [0, 0.1) is 0 Å². The van der Waals surface area contributed by atoms with Crippen molar-refractivity contribution < 1.29 is 38.4 Å². The molecule has 0 saturated carbocycles. The van der Waals surface area contributed by atoms with E-state index in [-0.39, 0.29) is 24.9 Å². The molecule has 0 spiro atoms. The molecule has 0 bridgehead atoms. The van der Waals surface area contributed by atoms with Crippen molar-refractivity contribution in [3.63, 3.8) is 0 Å². The zero-order chi connectivity index (χ0) is 24.8. The highest BCUT2D eigenvalue weighted by molar-refractivity contribution is 6.46. The first kappa shape index (κ1) is 22.5. The predicted octanol–water partition coefficient (Wildman–Crippen LogP) is 2.67. The van der Waals surface area contributed by atoms with Crippen LogP contribution < -0.4 is 23.7 Å². The van der Waals surface area contributed by atoms with Crippen LogP contribution in [-0.4, -0.2) is 73.5 Å². The molecule has 10 heteroatoms. The topological polar surface area (TPSA) is 107 Å². The highest BCUT2D eigenvalue weighted by atomic mass is 16.7. The second kappa shape index (κ2) is 8.94. The lowest BCUT2D eigenvalue weighted by molar-refractivity contribution is -0.140. The van der Waals surface area contributed by atoms with Crippen LogP contribution in [0.25, 0.3) is 5.76 Å². The molecule has 0 aliphatic carbocycles. The number of hydrogen-bond acceptors (Lipinski definition) is 9. The van der Waals surface area contributed by atoms with Crippen LogP contribution in [0.5, 0.6) is 28.7 Å². The third-order valence-corrected chi connectivity index (χ3v) is 7.04. The van der Waals surface area contributed by atoms with Gasteiger partial charge in [0.2, 0.25) is 19.3 Å². The fourth-order valence-corrected chi connectivity index (χ4v) is 5.22. The van der Waals surface area contributed by atoms with Crippen molar-refractivity contribution in [1.82, 2.24) is 9.80 Å². The molecule has 36 heavy (non-hydrogen) atoms. The molecule has 6 rings (SSSR count). The van der Waals surface area contributed by atoms with Crippen LogP contribution >= 0.6 is 0 Å². The van der Waals surface area contributed by atoms with Crippen molar-refractivity contribution in [3.8, 4) is 28.7 Å². The zero-order valence-corrected chi connectivity index (χ0v) is 19.8. The summed E-state index contributed by atoms with van der Waals surface area (Å²) in [5, 5.41) is 11.4. The molecule has 2 aromatic carbocycles. The quantitative estimate of drug-likeness (QED) is 0.368. The molecule has 2 fully saturated rings. The fourth-order valence-electron chi connectivity index (χ4n) is 5.22. The van der Waals surface area contributed by atoms with Crippen LogP contribution in [-0.2, 0) is 9.59 Å². The number of aliphatic hydroxyl groups excluding tert-OH is 1. The van der Waals surface area contributed by atoms with Gasteiger partial charge in [-0.3, -0.25) is 9.59 Å². The maximum absolute atomic E-state index is 13.4. The molecular weight excluding hydrogens is 468 g/mol. The number of nitrogens with zero attached hydrogens (tertiary/aromatic N) is 2. The van der Waals surface area contributed by atoms with E-state index in [0.717, 1.165) is 25.9 Å². The molecule has 2 saturated heterocycles. The van der Waals surface area contributed by atoms with Gasteiger partial charge in [0, 0.05) is 18.7 Å². The number of ether oxygens (including phenoxy) is 5. The normalized spacial score (nSPS) is 22.0. The number of likely N-dealkylation sites (tertiary alicyclic amines) is 2. The number of rotatable bonds is 6. The highest BCUT2D eigenvalue weighted by Gasteiger charge is 2.47. The van der Waals surface area contributed by atoms with Gasteiger partial charge in [0.15, 0.2) is 23.0 Å². The number of carbonyl (C=O) groups excluding carboxylic acids is 2. The summed E-state index contributed by atoms with van der Waals surface area (Å²) in [7, 11) is 1.51. The molecule has 0 aromatic heterocycles. The standard InChI is InChI=1S/C26H26N2O8/c1-32-19-11-16(12-20-25(19)36-14-35-20)22-21(23(29)15-4-5-17-18(10-15)34-13-33-17)24(30)26(31)28(22)9-8-27-6-2-3-7-27/h4-5,10-12,22,29H,2-3,6-9,13-14H2,1H3/b23-21+. The molecule has 2 aromatic rings. The van der Waals surface area contributed by atoms with Gasteiger partial charge in [-0.05, 0) is 61.8 Å². The molecule has 4 aliphatic heterocycles. The molecule has 10 nitrogen and oxygen atoms in total. The first-order valence-electron chi connectivity index (χ1n) is 11.9. The predicted molar refractivity (Wildman–Crippen MR) is 126 cm³/mol. The summed E-state index contributed by atoms with van der Waals surface area (Å²) in [5.41, 5.74) is 0.940. The van der Waals surface area contributed by atoms with E-state index in [2.05, 4.69) is 4.90 Å². The van der Waals surface area contributed by atoms with E-state index >= 15 is 0 Å². The lowest BCUT2D eigenvalue weighted by Gasteiger charge is -2.27. The Bertz CT molecular complexity index is 1270. The maximum atomic E-state index is 13.4. The van der Waals surface area contributed by atoms with Gasteiger partial charge in [0.1, 0.15) is 5.76 Å². The van der Waals surface area contributed by atoms with Gasteiger partial charge in [0.05, 0.1) is 18.7 Å². The number of Topliss-reactive ketones (excluding diaryl/α,β-unsaturated/α-hetero) is 1. The SMILES string of the molecule is COc1cc(C2/C(=C(\O)c3ccc4c(c3)OCO4)C(=O)C(=O)N2CCN2CCCC2)cc2c1OCO2. The lowest BCUT2D eigenvalue weighted by atomic mass is 9.94. The minimum Gasteiger partial charge on any atom is -0.507 e. The Morgan fingerprint density at radius 2 is 1.72 bits per heavy atom. The van der Waals surface area contributed by atoms with Crippen molar-refractivity contribution in [2.75, 3.05) is 46.9 Å². The van der Waals surface area contributed by atoms with Crippen LogP contribution in [0.4, 0.5) is 0 Å². The number of aliphatic hydroxyl groups is 1. The highest BCUT2D eigenvalue weighted by Crippen LogP contribution is 2.47. The second-order valence-electron chi connectivity index (χ2n) is 9.07. The minimum absolute atomic E-state index is 0.00112. The summed E-state index contributed by atoms with van der Waals surface area (Å²) in [5.74, 6) is 0.679. The van der Waals surface area contributed by atoms with E-state index in [9.17, 15) is 14.7 Å². The van der Waals surface area contributed by atoms with E-state index in [1.807, 2.05) is 0 Å². The van der Waals surface area contributed by atoms with Gasteiger partial charge in [-0.2, -0.15) is 0 Å². The molecule has 188 valence electrons. The molecule has 1 N–H and O–H groups in total. The molecule has 4 heterocycles. The van der Waals surface area contributed by atoms with E-state index in [4.69, 9.17) is 23.7 Å². The van der Waals surface area contributed by atoms with E-state index < -0.39 is 17.7 Å². The largest absolute Gasteiger partial charge is 0.507 e. The Morgan fingerprint density at radius 3 is 2.53 bits per heavy atom. The number of benzene rings is 2. The number of amides is 1. The van der Waals surface area contributed by atoms with Crippen molar-refractivity contribution in [1.29, 1.82) is 0 Å². The van der Waals surface area contributed by atoms with Gasteiger partial charge in [-0.15, -0.1) is 0 Å². The monoisotopic (exact) mass is 494 g/mol. The zero-order valence-electron chi connectivity index (χ0n) is 19.8. The van der Waals surface area contributed by atoms with Gasteiger partial charge < -0.3 is 38.6 Å². The third-order valence-electron chi connectivity index (χ3n) is 7.04. The molecule has 0 radical (unpaired) electrons. The summed E-state index contributed by atoms with van der Waals surface area (Å²) >= 11 is 0. The van der Waals surface area contributed by atoms with Gasteiger partial charge >= 0.3 is 0 Å². The van der Waals surface area contributed by atoms with Crippen molar-refractivity contribution in [2.24, 2.45) is 0 Å². The summed E-state index contributed by atoms with van der Waals surface area (Å²) in [6, 6.07) is 7.53. The number of ketones is 1. The molecule has 1 amide bonds. The summed E-state index contributed by atoms with van der Waals surface area (Å²) < 4.78 is 27.4. The van der Waals surface area contributed by atoms with Crippen LogP contribution in [0.15, 0.2) is 35.9 Å². The maximum Gasteiger partial charge on any atom is 0.295 e. The Labute approximate surface area is 207 Å². The Balaban J connectivity index is 1.45. The number of methoxy groups -OCH3 is 1. The lowest BCUT2D eigenvalue weighted by Crippen LogP contribution is -2.37. The third kappa shape index (κ3) is 3.69. The Kier molecular flexibility index (Phi) is 5.60. The van der Waals surface area contributed by atoms with Gasteiger partial charge in [-0.1, -0.05) is 0 Å². The number of carbonyl (C=O) groups is 2. The minimum atomic E-state index is -0.832. The van der Waals surface area contributed by atoms with Crippen molar-refractivity contribution in [2.45, 2.75) is 18.9 Å². The van der Waals surface area contributed by atoms with Crippen LogP contribution in [0.3, 0.4) is 0 Å².